The highest BCUT2D eigenvalue weighted by atomic mass is 16.6. The number of hydrogen-bond donors (Lipinski definition) is 2. The van der Waals surface area contributed by atoms with Gasteiger partial charge in [0.15, 0.2) is 0 Å². The molecule has 1 aromatic carbocycles. The van der Waals surface area contributed by atoms with Gasteiger partial charge in [-0.25, -0.2) is 4.79 Å². The molecular formula is C16H26N2O3. The maximum atomic E-state index is 11.6. The van der Waals surface area contributed by atoms with Crippen LogP contribution in [0.4, 0.5) is 4.79 Å². The van der Waals surface area contributed by atoms with E-state index in [9.17, 15) is 9.90 Å². The van der Waals surface area contributed by atoms with Gasteiger partial charge in [-0.2, -0.15) is 0 Å². The van der Waals surface area contributed by atoms with Crippen LogP contribution < -0.4 is 10.1 Å². The number of benzene rings is 1. The Morgan fingerprint density at radius 2 is 1.95 bits per heavy atom. The number of nitrogens with one attached hydrogen (secondary N) is 1. The third-order valence-corrected chi connectivity index (χ3v) is 2.85. The van der Waals surface area contributed by atoms with E-state index < -0.39 is 12.2 Å². The minimum Gasteiger partial charge on any atom is -0.410 e. The Morgan fingerprint density at radius 1 is 1.33 bits per heavy atom. The number of aliphatic hydroxyl groups excluding tert-OH is 1. The van der Waals surface area contributed by atoms with Gasteiger partial charge in [0.1, 0.15) is 5.75 Å². The summed E-state index contributed by atoms with van der Waals surface area (Å²) < 4.78 is 5.25. The molecule has 1 amide bonds. The number of carbonyl (C=O) groups excluding carboxylic acids is 1. The van der Waals surface area contributed by atoms with Crippen molar-refractivity contribution in [3.63, 3.8) is 0 Å². The highest BCUT2D eigenvalue weighted by molar-refractivity contribution is 5.70. The summed E-state index contributed by atoms with van der Waals surface area (Å²) in [6.45, 7) is 8.47. The van der Waals surface area contributed by atoms with Gasteiger partial charge < -0.3 is 20.1 Å². The lowest BCUT2D eigenvalue weighted by Crippen LogP contribution is -2.38. The standard InChI is InChI=1S/C16H26N2O3/c1-11-7-12(14(19)10-17-16(2,3)4)9-13(8-11)21-15(20)18(5)6/h7-9,14,17,19H,10H2,1-6H3. The van der Waals surface area contributed by atoms with Crippen molar-refractivity contribution in [2.75, 3.05) is 20.6 Å². The van der Waals surface area contributed by atoms with E-state index in [-0.39, 0.29) is 5.54 Å². The largest absolute Gasteiger partial charge is 0.414 e. The summed E-state index contributed by atoms with van der Waals surface area (Å²) in [7, 11) is 3.25. The number of nitrogens with zero attached hydrogens (tertiary/aromatic N) is 1. The molecule has 0 bridgehead atoms. The number of carbonyl (C=O) groups is 1. The molecule has 0 spiro atoms. The zero-order chi connectivity index (χ0) is 16.2. The van der Waals surface area contributed by atoms with Crippen molar-refractivity contribution in [3.8, 4) is 5.75 Å². The first-order valence-corrected chi connectivity index (χ1v) is 7.02. The molecule has 0 heterocycles. The Kier molecular flexibility index (Phi) is 5.75. The molecule has 118 valence electrons. The van der Waals surface area contributed by atoms with Crippen LogP contribution in [-0.2, 0) is 0 Å². The monoisotopic (exact) mass is 294 g/mol. The number of aliphatic hydroxyl groups is 1. The van der Waals surface area contributed by atoms with E-state index in [0.717, 1.165) is 11.1 Å². The van der Waals surface area contributed by atoms with Crippen molar-refractivity contribution in [2.24, 2.45) is 0 Å². The van der Waals surface area contributed by atoms with Crippen LogP contribution in [0.2, 0.25) is 0 Å². The van der Waals surface area contributed by atoms with Crippen molar-refractivity contribution in [1.82, 2.24) is 10.2 Å². The zero-order valence-corrected chi connectivity index (χ0v) is 13.7. The average Bonchev–Trinajstić information content (AvgIpc) is 2.34. The summed E-state index contributed by atoms with van der Waals surface area (Å²) in [6, 6.07) is 5.36. The molecule has 0 fully saturated rings. The Bertz CT molecular complexity index is 493. The molecular weight excluding hydrogens is 268 g/mol. The van der Waals surface area contributed by atoms with Gasteiger partial charge in [0.05, 0.1) is 6.10 Å². The van der Waals surface area contributed by atoms with Gasteiger partial charge in [-0.05, 0) is 51.0 Å². The molecule has 0 saturated heterocycles. The predicted octanol–water partition coefficient (Wildman–Crippen LogP) is 2.48. The number of rotatable bonds is 4. The molecule has 0 aliphatic rings. The third-order valence-electron chi connectivity index (χ3n) is 2.85. The van der Waals surface area contributed by atoms with Crippen molar-refractivity contribution in [1.29, 1.82) is 0 Å². The Balaban J connectivity index is 2.83. The van der Waals surface area contributed by atoms with E-state index in [2.05, 4.69) is 5.32 Å². The summed E-state index contributed by atoms with van der Waals surface area (Å²) in [5.74, 6) is 0.443. The summed E-state index contributed by atoms with van der Waals surface area (Å²) in [5, 5.41) is 13.5. The molecule has 1 unspecified atom stereocenters. The summed E-state index contributed by atoms with van der Waals surface area (Å²) in [4.78, 5) is 13.0. The van der Waals surface area contributed by atoms with Gasteiger partial charge in [0, 0.05) is 26.2 Å². The van der Waals surface area contributed by atoms with E-state index >= 15 is 0 Å². The molecule has 0 saturated carbocycles. The fraction of sp³-hybridized carbons (Fsp3) is 0.562. The van der Waals surface area contributed by atoms with Crippen LogP contribution in [0.15, 0.2) is 18.2 Å². The fourth-order valence-electron chi connectivity index (χ4n) is 1.74. The van der Waals surface area contributed by atoms with Crippen LogP contribution in [0.5, 0.6) is 5.75 Å². The van der Waals surface area contributed by atoms with Crippen molar-refractivity contribution in [2.45, 2.75) is 39.3 Å². The predicted molar refractivity (Wildman–Crippen MR) is 83.6 cm³/mol. The van der Waals surface area contributed by atoms with Crippen LogP contribution in [0.3, 0.4) is 0 Å². The fourth-order valence-corrected chi connectivity index (χ4v) is 1.74. The minimum absolute atomic E-state index is 0.0645. The lowest BCUT2D eigenvalue weighted by atomic mass is 10.0. The lowest BCUT2D eigenvalue weighted by Gasteiger charge is -2.23. The molecule has 5 nitrogen and oxygen atoms in total. The van der Waals surface area contributed by atoms with E-state index in [4.69, 9.17) is 4.74 Å². The van der Waals surface area contributed by atoms with Gasteiger partial charge in [0.2, 0.25) is 0 Å². The molecule has 0 aliphatic heterocycles. The Morgan fingerprint density at radius 3 is 2.48 bits per heavy atom. The van der Waals surface area contributed by atoms with Crippen LogP contribution in [0.25, 0.3) is 0 Å². The van der Waals surface area contributed by atoms with Crippen molar-refractivity contribution >= 4 is 6.09 Å². The van der Waals surface area contributed by atoms with Crippen LogP contribution >= 0.6 is 0 Å². The van der Waals surface area contributed by atoms with Crippen LogP contribution in [0, 0.1) is 6.92 Å². The maximum absolute atomic E-state index is 11.6. The Hall–Kier alpha value is -1.59. The van der Waals surface area contributed by atoms with Crippen molar-refractivity contribution < 1.29 is 14.6 Å². The first-order chi connectivity index (χ1) is 9.58. The quantitative estimate of drug-likeness (QED) is 0.895. The van der Waals surface area contributed by atoms with Crippen LogP contribution in [-0.4, -0.2) is 42.3 Å². The van der Waals surface area contributed by atoms with Gasteiger partial charge >= 0.3 is 6.09 Å². The Labute approximate surface area is 126 Å². The summed E-state index contributed by atoms with van der Waals surface area (Å²) in [5.41, 5.74) is 1.60. The van der Waals surface area contributed by atoms with Gasteiger partial charge in [-0.1, -0.05) is 6.07 Å². The second-order valence-electron chi connectivity index (χ2n) is 6.49. The van der Waals surface area contributed by atoms with E-state index in [1.165, 1.54) is 4.90 Å². The molecule has 1 atom stereocenters. The first kappa shape index (κ1) is 17.5. The summed E-state index contributed by atoms with van der Waals surface area (Å²) >= 11 is 0. The normalized spacial score (nSPS) is 12.9. The molecule has 1 aromatic rings. The molecule has 0 aliphatic carbocycles. The molecule has 0 radical (unpaired) electrons. The van der Waals surface area contributed by atoms with Gasteiger partial charge in [-0.15, -0.1) is 0 Å². The molecule has 1 rings (SSSR count). The number of hydrogen-bond acceptors (Lipinski definition) is 4. The van der Waals surface area contributed by atoms with E-state index in [1.807, 2.05) is 33.8 Å². The average molecular weight is 294 g/mol. The highest BCUT2D eigenvalue weighted by Gasteiger charge is 2.15. The van der Waals surface area contributed by atoms with Crippen LogP contribution in [0.1, 0.15) is 38.0 Å². The molecule has 21 heavy (non-hydrogen) atoms. The maximum Gasteiger partial charge on any atom is 0.414 e. The van der Waals surface area contributed by atoms with Gasteiger partial charge in [0.25, 0.3) is 0 Å². The molecule has 0 aromatic heterocycles. The number of ether oxygens (including phenoxy) is 1. The zero-order valence-electron chi connectivity index (χ0n) is 13.7. The highest BCUT2D eigenvalue weighted by Crippen LogP contribution is 2.22. The molecule has 2 N–H and O–H groups in total. The molecule has 5 heteroatoms. The first-order valence-electron chi connectivity index (χ1n) is 7.02. The second-order valence-corrected chi connectivity index (χ2v) is 6.49. The number of aryl methyl sites for hydroxylation is 1. The summed E-state index contributed by atoms with van der Waals surface area (Å²) in [6.07, 6.45) is -1.09. The third kappa shape index (κ3) is 6.14. The SMILES string of the molecule is Cc1cc(OC(=O)N(C)C)cc(C(O)CNC(C)(C)C)c1. The topological polar surface area (TPSA) is 61.8 Å². The van der Waals surface area contributed by atoms with E-state index in [0.29, 0.717) is 12.3 Å². The smallest absolute Gasteiger partial charge is 0.410 e. The van der Waals surface area contributed by atoms with Crippen molar-refractivity contribution in [3.05, 3.63) is 29.3 Å². The van der Waals surface area contributed by atoms with Gasteiger partial charge in [-0.3, -0.25) is 0 Å². The van der Waals surface area contributed by atoms with E-state index in [1.54, 1.807) is 26.2 Å². The lowest BCUT2D eigenvalue weighted by molar-refractivity contribution is 0.161. The second kappa shape index (κ2) is 6.91. The number of β-amino-alcohol motifs (C(OH)–C–C–N with tert-alkyl or cyclic N) is 1. The number of amides is 1. The minimum atomic E-state index is -0.652.